The summed E-state index contributed by atoms with van der Waals surface area (Å²) in [6, 6.07) is 7.21. The monoisotopic (exact) mass is 438 g/mol. The zero-order valence-electron chi connectivity index (χ0n) is 16.9. The van der Waals surface area contributed by atoms with E-state index in [0.29, 0.717) is 41.5 Å². The number of rotatable bonds is 8. The Labute approximate surface area is 185 Å². The second kappa shape index (κ2) is 11.0. The first kappa shape index (κ1) is 22.1. The molecule has 0 amide bonds. The molecule has 0 radical (unpaired) electrons. The van der Waals surface area contributed by atoms with Crippen LogP contribution in [0.25, 0.3) is 0 Å². The van der Waals surface area contributed by atoms with E-state index in [0.717, 1.165) is 11.3 Å². The molecule has 8 heteroatoms. The zero-order chi connectivity index (χ0) is 22.1. The van der Waals surface area contributed by atoms with Crippen LogP contribution in [0.2, 0.25) is 5.02 Å². The normalized spacial score (nSPS) is 15.3. The molecule has 0 fully saturated rings. The molecule has 6 nitrogen and oxygen atoms in total. The lowest BCUT2D eigenvalue weighted by Crippen LogP contribution is -2.15. The topological polar surface area (TPSA) is 70.2 Å². The van der Waals surface area contributed by atoms with Gasteiger partial charge in [0.15, 0.2) is 5.83 Å². The first-order chi connectivity index (χ1) is 15.1. The third-order valence-corrected chi connectivity index (χ3v) is 4.68. The molecule has 1 heterocycles. The molecule has 1 aromatic carbocycles. The van der Waals surface area contributed by atoms with Crippen LogP contribution in [0.15, 0.2) is 81.2 Å². The number of allylic oxidation sites excluding steroid dienone is 5. The number of hydrogen-bond acceptors (Lipinski definition) is 6. The highest BCUT2D eigenvalue weighted by Gasteiger charge is 2.16. The van der Waals surface area contributed by atoms with Crippen LogP contribution in [-0.2, 0) is 9.57 Å². The van der Waals surface area contributed by atoms with E-state index in [1.165, 1.54) is 18.4 Å². The van der Waals surface area contributed by atoms with E-state index in [9.17, 15) is 4.39 Å². The Morgan fingerprint density at radius 2 is 2.32 bits per heavy atom. The molecule has 0 spiro atoms. The largest absolute Gasteiger partial charge is 0.493 e. The predicted octanol–water partition coefficient (Wildman–Crippen LogP) is 5.21. The summed E-state index contributed by atoms with van der Waals surface area (Å²) in [4.78, 5) is 5.07. The van der Waals surface area contributed by atoms with Crippen molar-refractivity contribution in [1.29, 1.82) is 5.26 Å². The highest BCUT2D eigenvalue weighted by molar-refractivity contribution is 6.32. The van der Waals surface area contributed by atoms with Gasteiger partial charge in [-0.15, -0.1) is 0 Å². The van der Waals surface area contributed by atoms with Gasteiger partial charge in [-0.3, -0.25) is 5.01 Å². The van der Waals surface area contributed by atoms with Gasteiger partial charge >= 0.3 is 0 Å². The predicted molar refractivity (Wildman–Crippen MR) is 120 cm³/mol. The number of nitriles is 1. The lowest BCUT2D eigenvalue weighted by Gasteiger charge is -2.18. The molecule has 158 valence electrons. The number of nitrogens with zero attached hydrogens (tertiary/aromatic N) is 4. The van der Waals surface area contributed by atoms with Gasteiger partial charge < -0.3 is 9.57 Å². The van der Waals surface area contributed by atoms with Crippen LogP contribution < -0.4 is 5.01 Å². The maximum Gasteiger partial charge on any atom is 0.166 e. The highest BCUT2D eigenvalue weighted by Crippen LogP contribution is 2.26. The number of anilines is 1. The molecule has 0 unspecified atom stereocenters. The summed E-state index contributed by atoms with van der Waals surface area (Å²) in [5, 5.41) is 19.3. The maximum atomic E-state index is 13.9. The van der Waals surface area contributed by atoms with Crippen molar-refractivity contribution in [3.05, 3.63) is 81.6 Å². The fraction of sp³-hybridized carbons (Fsp3) is 0.217. The summed E-state index contributed by atoms with van der Waals surface area (Å²) in [6.45, 7) is 3.17. The Morgan fingerprint density at radius 1 is 1.45 bits per heavy atom. The minimum atomic E-state index is -0.491. The SMILES string of the molecule is CCN(/N=C\CCOC1=CC=C=C(F)C=C1C1=CC=NOC1)c1ccc(C#N)c(Cl)c1. The van der Waals surface area contributed by atoms with Crippen LogP contribution in [0.4, 0.5) is 10.1 Å². The fourth-order valence-corrected chi connectivity index (χ4v) is 3.07. The van der Waals surface area contributed by atoms with Crippen LogP contribution in [0.1, 0.15) is 18.9 Å². The minimum absolute atomic E-state index is 0.233. The summed E-state index contributed by atoms with van der Waals surface area (Å²) < 4.78 is 19.8. The summed E-state index contributed by atoms with van der Waals surface area (Å²) in [5.74, 6) is 0.0272. The van der Waals surface area contributed by atoms with Crippen LogP contribution in [-0.4, -0.2) is 32.2 Å². The molecule has 2 aliphatic rings. The molecule has 0 bridgehead atoms. The molecule has 3 rings (SSSR count). The molecule has 1 aliphatic heterocycles. The van der Waals surface area contributed by atoms with E-state index in [2.05, 4.69) is 16.0 Å². The van der Waals surface area contributed by atoms with Crippen molar-refractivity contribution in [2.45, 2.75) is 13.3 Å². The van der Waals surface area contributed by atoms with Crippen LogP contribution in [0.3, 0.4) is 0 Å². The van der Waals surface area contributed by atoms with Crippen molar-refractivity contribution >= 4 is 29.7 Å². The van der Waals surface area contributed by atoms with Crippen LogP contribution >= 0.6 is 11.6 Å². The van der Waals surface area contributed by atoms with E-state index >= 15 is 0 Å². The van der Waals surface area contributed by atoms with Gasteiger partial charge in [0.1, 0.15) is 18.4 Å². The van der Waals surface area contributed by atoms with Crippen molar-refractivity contribution < 1.29 is 14.0 Å². The minimum Gasteiger partial charge on any atom is -0.493 e. The van der Waals surface area contributed by atoms with Crippen molar-refractivity contribution in [2.75, 3.05) is 24.8 Å². The first-order valence-corrected chi connectivity index (χ1v) is 10.0. The second-order valence-corrected chi connectivity index (χ2v) is 6.80. The zero-order valence-corrected chi connectivity index (χ0v) is 17.6. The number of halogens is 2. The van der Waals surface area contributed by atoms with Gasteiger partial charge in [-0.25, -0.2) is 0 Å². The smallest absolute Gasteiger partial charge is 0.166 e. The molecule has 0 saturated carbocycles. The van der Waals surface area contributed by atoms with Crippen molar-refractivity contribution in [3.63, 3.8) is 0 Å². The Bertz CT molecular complexity index is 1090. The van der Waals surface area contributed by atoms with Crippen LogP contribution in [0, 0.1) is 11.3 Å². The Balaban J connectivity index is 1.61. The summed E-state index contributed by atoms with van der Waals surface area (Å²) >= 11 is 6.11. The lowest BCUT2D eigenvalue weighted by atomic mass is 10.0. The van der Waals surface area contributed by atoms with Crippen molar-refractivity contribution in [3.8, 4) is 6.07 Å². The Kier molecular flexibility index (Phi) is 7.83. The highest BCUT2D eigenvalue weighted by atomic mass is 35.5. The quantitative estimate of drug-likeness (QED) is 0.242. The second-order valence-electron chi connectivity index (χ2n) is 6.39. The lowest BCUT2D eigenvalue weighted by molar-refractivity contribution is 0.165. The van der Waals surface area contributed by atoms with Crippen LogP contribution in [0.5, 0.6) is 0 Å². The van der Waals surface area contributed by atoms with Gasteiger partial charge in [-0.1, -0.05) is 22.5 Å². The van der Waals surface area contributed by atoms with Gasteiger partial charge in [-0.05, 0) is 49.4 Å². The molecule has 31 heavy (non-hydrogen) atoms. The van der Waals surface area contributed by atoms with E-state index < -0.39 is 5.83 Å². The summed E-state index contributed by atoms with van der Waals surface area (Å²) in [7, 11) is 0. The van der Waals surface area contributed by atoms with E-state index in [4.69, 9.17) is 26.4 Å². The van der Waals surface area contributed by atoms with Crippen molar-refractivity contribution in [2.24, 2.45) is 10.3 Å². The molecule has 0 saturated heterocycles. The third-order valence-electron chi connectivity index (χ3n) is 4.37. The average molecular weight is 439 g/mol. The number of oxime groups is 1. The van der Waals surface area contributed by atoms with E-state index in [1.54, 1.807) is 41.6 Å². The number of hydrogen-bond donors (Lipinski definition) is 0. The maximum absolute atomic E-state index is 13.9. The van der Waals surface area contributed by atoms with Gasteiger partial charge in [0.2, 0.25) is 0 Å². The van der Waals surface area contributed by atoms with Gasteiger partial charge in [0, 0.05) is 30.3 Å². The van der Waals surface area contributed by atoms with Gasteiger partial charge in [0.05, 0.1) is 29.1 Å². The molecule has 0 aromatic heterocycles. The number of ether oxygens (including phenoxy) is 1. The van der Waals surface area contributed by atoms with Crippen molar-refractivity contribution in [1.82, 2.24) is 0 Å². The Morgan fingerprint density at radius 3 is 3.03 bits per heavy atom. The van der Waals surface area contributed by atoms with E-state index in [-0.39, 0.29) is 6.61 Å². The summed E-state index contributed by atoms with van der Waals surface area (Å²) in [6.07, 6.45) is 10.0. The van der Waals surface area contributed by atoms with Gasteiger partial charge in [0.25, 0.3) is 0 Å². The summed E-state index contributed by atoms with van der Waals surface area (Å²) in [5.41, 5.74) is 5.08. The fourth-order valence-electron chi connectivity index (χ4n) is 2.85. The molecular weight excluding hydrogens is 419 g/mol. The first-order valence-electron chi connectivity index (χ1n) is 9.64. The molecular formula is C23H20ClFN4O2. The van der Waals surface area contributed by atoms with E-state index in [1.807, 2.05) is 13.0 Å². The van der Waals surface area contributed by atoms with Gasteiger partial charge in [-0.2, -0.15) is 14.8 Å². The molecule has 0 atom stereocenters. The average Bonchev–Trinajstić information content (AvgIpc) is 2.98. The standard InChI is InChI=1S/C23H20ClFN4O2/c1-2-29(20-8-7-17(15-26)22(24)14-20)27-10-4-12-30-23-6-3-5-19(25)13-21(23)18-9-11-28-31-16-18/h3,6-11,13-14H,2,4,12,16H2,1H3/b27-10-. The molecule has 1 aromatic rings. The molecule has 1 aliphatic carbocycles. The third kappa shape index (κ3) is 5.95. The molecule has 0 N–H and O–H groups in total. The number of hydrazone groups is 1. The number of benzene rings is 1. The Hall–Kier alpha value is -3.59.